The number of nitrogens with one attached hydrogen (secondary N) is 1. The van der Waals surface area contributed by atoms with Crippen LogP contribution >= 0.6 is 0 Å². The SMILES string of the molecule is CC(=O)CNC(=O)c1ccc([N+](=O)[O-])cc1C. The van der Waals surface area contributed by atoms with Gasteiger partial charge in [0.15, 0.2) is 0 Å². The van der Waals surface area contributed by atoms with E-state index in [4.69, 9.17) is 0 Å². The topological polar surface area (TPSA) is 89.3 Å². The zero-order valence-electron chi connectivity index (χ0n) is 9.52. The van der Waals surface area contributed by atoms with Gasteiger partial charge < -0.3 is 5.32 Å². The van der Waals surface area contributed by atoms with Crippen LogP contribution < -0.4 is 5.32 Å². The van der Waals surface area contributed by atoms with Crippen molar-refractivity contribution in [3.05, 3.63) is 39.4 Å². The molecule has 0 aliphatic rings. The summed E-state index contributed by atoms with van der Waals surface area (Å²) in [5.41, 5.74) is 0.766. The van der Waals surface area contributed by atoms with Crippen LogP contribution in [-0.4, -0.2) is 23.2 Å². The molecule has 1 aromatic carbocycles. The molecule has 1 aromatic rings. The number of rotatable bonds is 4. The van der Waals surface area contributed by atoms with Crippen molar-refractivity contribution in [3.63, 3.8) is 0 Å². The van der Waals surface area contributed by atoms with Gasteiger partial charge in [-0.25, -0.2) is 0 Å². The predicted octanol–water partition coefficient (Wildman–Crippen LogP) is 1.22. The molecule has 0 heterocycles. The minimum atomic E-state index is -0.524. The average Bonchev–Trinajstić information content (AvgIpc) is 2.25. The molecule has 0 unspecified atom stereocenters. The molecular weight excluding hydrogens is 224 g/mol. The highest BCUT2D eigenvalue weighted by Crippen LogP contribution is 2.16. The molecule has 6 heteroatoms. The van der Waals surface area contributed by atoms with Crippen LogP contribution in [0.5, 0.6) is 0 Å². The Labute approximate surface area is 97.8 Å². The summed E-state index contributed by atoms with van der Waals surface area (Å²) in [6.07, 6.45) is 0. The van der Waals surface area contributed by atoms with E-state index in [-0.39, 0.29) is 18.0 Å². The first kappa shape index (κ1) is 12.8. The molecule has 0 spiro atoms. The second-order valence-electron chi connectivity index (χ2n) is 3.64. The standard InChI is InChI=1S/C11H12N2O4/c1-7-5-9(13(16)17)3-4-10(7)11(15)12-6-8(2)14/h3-5H,6H2,1-2H3,(H,12,15). The second-order valence-corrected chi connectivity index (χ2v) is 3.64. The van der Waals surface area contributed by atoms with Crippen LogP contribution in [0.25, 0.3) is 0 Å². The summed E-state index contributed by atoms with van der Waals surface area (Å²) < 4.78 is 0. The van der Waals surface area contributed by atoms with Crippen molar-refractivity contribution >= 4 is 17.4 Å². The summed E-state index contributed by atoms with van der Waals surface area (Å²) >= 11 is 0. The summed E-state index contributed by atoms with van der Waals surface area (Å²) in [7, 11) is 0. The van der Waals surface area contributed by atoms with E-state index in [1.54, 1.807) is 6.92 Å². The van der Waals surface area contributed by atoms with E-state index in [0.29, 0.717) is 11.1 Å². The number of non-ortho nitro benzene ring substituents is 1. The number of nitrogens with zero attached hydrogens (tertiary/aromatic N) is 1. The van der Waals surface area contributed by atoms with Gasteiger partial charge in [-0.2, -0.15) is 0 Å². The van der Waals surface area contributed by atoms with Gasteiger partial charge in [-0.05, 0) is 25.5 Å². The van der Waals surface area contributed by atoms with Gasteiger partial charge in [0.2, 0.25) is 0 Å². The number of carbonyl (C=O) groups excluding carboxylic acids is 2. The van der Waals surface area contributed by atoms with Crippen molar-refractivity contribution in [2.75, 3.05) is 6.54 Å². The summed E-state index contributed by atoms with van der Waals surface area (Å²) in [6.45, 7) is 2.92. The first-order valence-electron chi connectivity index (χ1n) is 4.94. The van der Waals surface area contributed by atoms with Crippen LogP contribution in [-0.2, 0) is 4.79 Å². The van der Waals surface area contributed by atoms with Crippen LogP contribution in [0.4, 0.5) is 5.69 Å². The lowest BCUT2D eigenvalue weighted by atomic mass is 10.1. The molecule has 0 saturated carbocycles. The molecule has 6 nitrogen and oxygen atoms in total. The lowest BCUT2D eigenvalue weighted by Crippen LogP contribution is -2.28. The number of hydrogen-bond donors (Lipinski definition) is 1. The minimum Gasteiger partial charge on any atom is -0.345 e. The highest BCUT2D eigenvalue weighted by molar-refractivity contribution is 5.97. The zero-order chi connectivity index (χ0) is 13.0. The van der Waals surface area contributed by atoms with Gasteiger partial charge in [-0.3, -0.25) is 19.7 Å². The number of benzene rings is 1. The molecule has 0 saturated heterocycles. The zero-order valence-corrected chi connectivity index (χ0v) is 9.52. The molecule has 17 heavy (non-hydrogen) atoms. The molecule has 1 amide bonds. The van der Waals surface area contributed by atoms with E-state index >= 15 is 0 Å². The Bertz CT molecular complexity index is 482. The Hall–Kier alpha value is -2.24. The first-order valence-corrected chi connectivity index (χ1v) is 4.94. The normalized spacial score (nSPS) is 9.76. The Morgan fingerprint density at radius 3 is 2.53 bits per heavy atom. The fourth-order valence-electron chi connectivity index (χ4n) is 1.32. The molecule has 0 aromatic heterocycles. The van der Waals surface area contributed by atoms with Crippen LogP contribution in [0, 0.1) is 17.0 Å². The van der Waals surface area contributed by atoms with Crippen LogP contribution in [0.2, 0.25) is 0 Å². The Kier molecular flexibility index (Phi) is 3.92. The van der Waals surface area contributed by atoms with E-state index in [0.717, 1.165) is 0 Å². The lowest BCUT2D eigenvalue weighted by Gasteiger charge is -2.05. The number of amides is 1. The molecule has 0 fully saturated rings. The Morgan fingerprint density at radius 1 is 1.41 bits per heavy atom. The molecule has 90 valence electrons. The average molecular weight is 236 g/mol. The van der Waals surface area contributed by atoms with Crippen molar-refractivity contribution in [1.82, 2.24) is 5.32 Å². The van der Waals surface area contributed by atoms with E-state index in [1.807, 2.05) is 0 Å². The molecule has 0 bridgehead atoms. The molecule has 0 aliphatic heterocycles. The maximum atomic E-state index is 11.6. The smallest absolute Gasteiger partial charge is 0.269 e. The minimum absolute atomic E-state index is 0.0464. The first-order chi connectivity index (χ1) is 7.91. The maximum Gasteiger partial charge on any atom is 0.269 e. The van der Waals surface area contributed by atoms with Crippen molar-refractivity contribution in [1.29, 1.82) is 0 Å². The number of nitro benzene ring substituents is 1. The summed E-state index contributed by atoms with van der Waals surface area (Å²) in [4.78, 5) is 32.3. The quantitative estimate of drug-likeness (QED) is 0.628. The van der Waals surface area contributed by atoms with E-state index in [1.165, 1.54) is 25.1 Å². The van der Waals surface area contributed by atoms with Crippen molar-refractivity contribution < 1.29 is 14.5 Å². The maximum absolute atomic E-state index is 11.6. The second kappa shape index (κ2) is 5.20. The largest absolute Gasteiger partial charge is 0.345 e. The molecule has 0 radical (unpaired) electrons. The highest BCUT2D eigenvalue weighted by atomic mass is 16.6. The van der Waals surface area contributed by atoms with Gasteiger partial charge in [0.25, 0.3) is 11.6 Å². The molecular formula is C11H12N2O4. The van der Waals surface area contributed by atoms with Crippen molar-refractivity contribution in [2.24, 2.45) is 0 Å². The summed E-state index contributed by atoms with van der Waals surface area (Å²) in [5, 5.41) is 12.9. The number of Topliss-reactive ketones (excluding diaryl/α,β-unsaturated/α-hetero) is 1. The third-order valence-electron chi connectivity index (χ3n) is 2.16. The van der Waals surface area contributed by atoms with E-state index in [9.17, 15) is 19.7 Å². The van der Waals surface area contributed by atoms with E-state index < -0.39 is 10.8 Å². The molecule has 0 aliphatic carbocycles. The number of carbonyl (C=O) groups is 2. The fraction of sp³-hybridized carbons (Fsp3) is 0.273. The van der Waals surface area contributed by atoms with Gasteiger partial charge in [0.1, 0.15) is 5.78 Å². The number of aryl methyl sites for hydroxylation is 1. The summed E-state index contributed by atoms with van der Waals surface area (Å²) in [5.74, 6) is -0.564. The Balaban J connectivity index is 2.88. The highest BCUT2D eigenvalue weighted by Gasteiger charge is 2.13. The molecule has 0 atom stereocenters. The molecule has 1 rings (SSSR count). The predicted molar refractivity (Wildman–Crippen MR) is 60.8 cm³/mol. The monoisotopic (exact) mass is 236 g/mol. The van der Waals surface area contributed by atoms with Crippen molar-refractivity contribution in [2.45, 2.75) is 13.8 Å². The van der Waals surface area contributed by atoms with Crippen LogP contribution in [0.1, 0.15) is 22.8 Å². The van der Waals surface area contributed by atoms with Gasteiger partial charge in [0.05, 0.1) is 11.5 Å². The van der Waals surface area contributed by atoms with Gasteiger partial charge in [-0.1, -0.05) is 0 Å². The number of nitro groups is 1. The van der Waals surface area contributed by atoms with Gasteiger partial charge >= 0.3 is 0 Å². The van der Waals surface area contributed by atoms with Gasteiger partial charge in [-0.15, -0.1) is 0 Å². The third kappa shape index (κ3) is 3.37. The number of hydrogen-bond acceptors (Lipinski definition) is 4. The van der Waals surface area contributed by atoms with Crippen LogP contribution in [0.3, 0.4) is 0 Å². The third-order valence-corrected chi connectivity index (χ3v) is 2.16. The number of ketones is 1. The van der Waals surface area contributed by atoms with Gasteiger partial charge in [0, 0.05) is 17.7 Å². The summed E-state index contributed by atoms with van der Waals surface area (Å²) in [6, 6.07) is 3.96. The lowest BCUT2D eigenvalue weighted by molar-refractivity contribution is -0.384. The van der Waals surface area contributed by atoms with E-state index in [2.05, 4.69) is 5.32 Å². The Morgan fingerprint density at radius 2 is 2.06 bits per heavy atom. The van der Waals surface area contributed by atoms with Crippen LogP contribution in [0.15, 0.2) is 18.2 Å². The fourth-order valence-corrected chi connectivity index (χ4v) is 1.32. The van der Waals surface area contributed by atoms with Crippen molar-refractivity contribution in [3.8, 4) is 0 Å². The molecule has 1 N–H and O–H groups in total.